The van der Waals surface area contributed by atoms with Crippen molar-refractivity contribution < 1.29 is 4.39 Å². The Morgan fingerprint density at radius 1 is 1.39 bits per heavy atom. The third-order valence-corrected chi connectivity index (χ3v) is 3.67. The summed E-state index contributed by atoms with van der Waals surface area (Å²) < 4.78 is 13.1. The Bertz CT molecular complexity index is 373. The number of benzene rings is 1. The molecule has 1 saturated heterocycles. The van der Waals surface area contributed by atoms with E-state index in [2.05, 4.69) is 24.2 Å². The maximum atomic E-state index is 13.1. The number of hydrogen-bond donors (Lipinski definition) is 1. The number of hydrogen-bond acceptors (Lipinski definition) is 2. The Hall–Kier alpha value is -0.930. The molecule has 0 bridgehead atoms. The van der Waals surface area contributed by atoms with E-state index in [1.807, 2.05) is 6.07 Å². The summed E-state index contributed by atoms with van der Waals surface area (Å²) in [6.07, 6.45) is 3.32. The molecule has 1 atom stereocenters. The normalized spacial score (nSPS) is 19.9. The van der Waals surface area contributed by atoms with Crippen molar-refractivity contribution in [1.82, 2.24) is 10.2 Å². The van der Waals surface area contributed by atoms with Gasteiger partial charge in [-0.05, 0) is 64.0 Å². The molecule has 1 unspecified atom stereocenters. The van der Waals surface area contributed by atoms with Gasteiger partial charge >= 0.3 is 0 Å². The second-order valence-corrected chi connectivity index (χ2v) is 5.48. The van der Waals surface area contributed by atoms with Gasteiger partial charge < -0.3 is 10.2 Å². The molecule has 0 amide bonds. The molecule has 100 valence electrons. The molecule has 2 nitrogen and oxygen atoms in total. The number of likely N-dealkylation sites (tertiary alicyclic amines) is 1. The van der Waals surface area contributed by atoms with Gasteiger partial charge in [-0.1, -0.05) is 12.1 Å². The van der Waals surface area contributed by atoms with Crippen LogP contribution in [-0.4, -0.2) is 37.1 Å². The zero-order valence-corrected chi connectivity index (χ0v) is 11.3. The lowest BCUT2D eigenvalue weighted by atomic mass is 10.0. The summed E-state index contributed by atoms with van der Waals surface area (Å²) >= 11 is 0. The minimum atomic E-state index is -0.140. The maximum Gasteiger partial charge on any atom is 0.123 e. The van der Waals surface area contributed by atoms with Gasteiger partial charge in [0, 0.05) is 12.1 Å². The highest BCUT2D eigenvalue weighted by atomic mass is 19.1. The number of nitrogens with zero attached hydrogens (tertiary/aromatic N) is 1. The molecule has 1 aliphatic rings. The lowest BCUT2D eigenvalue weighted by Crippen LogP contribution is -2.44. The van der Waals surface area contributed by atoms with Crippen LogP contribution in [0.25, 0.3) is 0 Å². The quantitative estimate of drug-likeness (QED) is 0.883. The molecule has 0 spiro atoms. The van der Waals surface area contributed by atoms with Crippen molar-refractivity contribution in [3.63, 3.8) is 0 Å². The average molecular weight is 250 g/mol. The van der Waals surface area contributed by atoms with E-state index in [-0.39, 0.29) is 5.82 Å². The first-order chi connectivity index (χ1) is 8.63. The van der Waals surface area contributed by atoms with E-state index in [4.69, 9.17) is 0 Å². The summed E-state index contributed by atoms with van der Waals surface area (Å²) in [5.74, 6) is -0.140. The van der Waals surface area contributed by atoms with Crippen LogP contribution in [0.4, 0.5) is 4.39 Å². The van der Waals surface area contributed by atoms with Gasteiger partial charge in [0.15, 0.2) is 0 Å². The Labute approximate surface area is 109 Å². The molecule has 1 N–H and O–H groups in total. The van der Waals surface area contributed by atoms with Gasteiger partial charge in [0.05, 0.1) is 0 Å². The average Bonchev–Trinajstić information content (AvgIpc) is 2.32. The predicted molar refractivity (Wildman–Crippen MR) is 73.2 cm³/mol. The van der Waals surface area contributed by atoms with E-state index < -0.39 is 0 Å². The first-order valence-electron chi connectivity index (χ1n) is 6.82. The summed E-state index contributed by atoms with van der Waals surface area (Å²) in [6, 6.07) is 7.93. The molecule has 18 heavy (non-hydrogen) atoms. The van der Waals surface area contributed by atoms with Crippen molar-refractivity contribution in [3.8, 4) is 0 Å². The van der Waals surface area contributed by atoms with Crippen molar-refractivity contribution >= 4 is 0 Å². The van der Waals surface area contributed by atoms with Crippen molar-refractivity contribution in [3.05, 3.63) is 35.6 Å². The SMILES string of the molecule is CC(Cc1cccc(F)c1)NC1CCN(C)CC1. The minimum absolute atomic E-state index is 0.140. The summed E-state index contributed by atoms with van der Waals surface area (Å²) in [4.78, 5) is 2.37. The van der Waals surface area contributed by atoms with E-state index in [0.29, 0.717) is 12.1 Å². The smallest absolute Gasteiger partial charge is 0.123 e. The molecule has 1 fully saturated rings. The molecule has 3 heteroatoms. The van der Waals surface area contributed by atoms with Gasteiger partial charge in [-0.15, -0.1) is 0 Å². The second-order valence-electron chi connectivity index (χ2n) is 5.48. The molecule has 2 rings (SSSR count). The van der Waals surface area contributed by atoms with Crippen LogP contribution in [0, 0.1) is 5.82 Å². The summed E-state index contributed by atoms with van der Waals surface area (Å²) in [7, 11) is 2.17. The Kier molecular flexibility index (Phi) is 4.72. The fourth-order valence-electron chi connectivity index (χ4n) is 2.65. The van der Waals surface area contributed by atoms with Gasteiger partial charge in [0.1, 0.15) is 5.82 Å². The van der Waals surface area contributed by atoms with Crippen LogP contribution in [0.1, 0.15) is 25.3 Å². The van der Waals surface area contributed by atoms with Gasteiger partial charge in [0.2, 0.25) is 0 Å². The molecule has 1 heterocycles. The van der Waals surface area contributed by atoms with E-state index in [0.717, 1.165) is 12.0 Å². The summed E-state index contributed by atoms with van der Waals surface area (Å²) in [5.41, 5.74) is 1.07. The molecule has 1 aromatic rings. The lowest BCUT2D eigenvalue weighted by molar-refractivity contribution is 0.226. The zero-order chi connectivity index (χ0) is 13.0. The van der Waals surface area contributed by atoms with Crippen molar-refractivity contribution in [1.29, 1.82) is 0 Å². The highest BCUT2D eigenvalue weighted by molar-refractivity contribution is 5.17. The van der Waals surface area contributed by atoms with Crippen molar-refractivity contribution in [2.24, 2.45) is 0 Å². The van der Waals surface area contributed by atoms with Crippen LogP contribution in [0.5, 0.6) is 0 Å². The van der Waals surface area contributed by atoms with E-state index >= 15 is 0 Å². The van der Waals surface area contributed by atoms with Gasteiger partial charge in [0.25, 0.3) is 0 Å². The van der Waals surface area contributed by atoms with Crippen LogP contribution >= 0.6 is 0 Å². The highest BCUT2D eigenvalue weighted by Crippen LogP contribution is 2.11. The molecule has 1 aliphatic heterocycles. The minimum Gasteiger partial charge on any atom is -0.311 e. The topological polar surface area (TPSA) is 15.3 Å². The second kappa shape index (κ2) is 6.30. The Morgan fingerprint density at radius 2 is 2.11 bits per heavy atom. The third kappa shape index (κ3) is 4.07. The van der Waals surface area contributed by atoms with Gasteiger partial charge in [-0.2, -0.15) is 0 Å². The number of halogens is 1. The third-order valence-electron chi connectivity index (χ3n) is 3.67. The summed E-state index contributed by atoms with van der Waals surface area (Å²) in [5, 5.41) is 3.66. The first kappa shape index (κ1) is 13.5. The van der Waals surface area contributed by atoms with E-state index in [9.17, 15) is 4.39 Å². The van der Waals surface area contributed by atoms with Crippen LogP contribution in [-0.2, 0) is 6.42 Å². The molecule has 0 aromatic heterocycles. The fraction of sp³-hybridized carbons (Fsp3) is 0.600. The zero-order valence-electron chi connectivity index (χ0n) is 11.3. The highest BCUT2D eigenvalue weighted by Gasteiger charge is 2.18. The predicted octanol–water partition coefficient (Wildman–Crippen LogP) is 2.44. The molecular weight excluding hydrogens is 227 g/mol. The molecule has 0 aliphatic carbocycles. The molecular formula is C15H23FN2. The number of piperidine rings is 1. The number of nitrogens with one attached hydrogen (secondary N) is 1. The van der Waals surface area contributed by atoms with Crippen LogP contribution in [0.3, 0.4) is 0 Å². The largest absolute Gasteiger partial charge is 0.311 e. The van der Waals surface area contributed by atoms with Crippen LogP contribution < -0.4 is 5.32 Å². The maximum absolute atomic E-state index is 13.1. The first-order valence-corrected chi connectivity index (χ1v) is 6.82. The van der Waals surface area contributed by atoms with Crippen molar-refractivity contribution in [2.45, 2.75) is 38.3 Å². The standard InChI is InChI=1S/C15H23FN2/c1-12(10-13-4-3-5-14(16)11-13)17-15-6-8-18(2)9-7-15/h3-5,11-12,15,17H,6-10H2,1-2H3. The lowest BCUT2D eigenvalue weighted by Gasteiger charge is -2.31. The Balaban J connectivity index is 1.80. The van der Waals surface area contributed by atoms with Crippen LogP contribution in [0.15, 0.2) is 24.3 Å². The number of rotatable bonds is 4. The molecule has 1 aromatic carbocycles. The Morgan fingerprint density at radius 3 is 2.78 bits per heavy atom. The van der Waals surface area contributed by atoms with Crippen molar-refractivity contribution in [2.75, 3.05) is 20.1 Å². The van der Waals surface area contributed by atoms with E-state index in [1.54, 1.807) is 12.1 Å². The van der Waals surface area contributed by atoms with Gasteiger partial charge in [-0.25, -0.2) is 4.39 Å². The molecule has 0 saturated carbocycles. The monoisotopic (exact) mass is 250 g/mol. The fourth-order valence-corrected chi connectivity index (χ4v) is 2.65. The summed E-state index contributed by atoms with van der Waals surface area (Å²) in [6.45, 7) is 4.53. The van der Waals surface area contributed by atoms with Gasteiger partial charge in [-0.3, -0.25) is 0 Å². The van der Waals surface area contributed by atoms with Crippen LogP contribution in [0.2, 0.25) is 0 Å². The van der Waals surface area contributed by atoms with E-state index in [1.165, 1.54) is 32.0 Å². The molecule has 0 radical (unpaired) electrons.